The summed E-state index contributed by atoms with van der Waals surface area (Å²) in [6, 6.07) is 6.70. The normalized spacial score (nSPS) is 9.80. The topological polar surface area (TPSA) is 100 Å². The fourth-order valence-electron chi connectivity index (χ4n) is 1.27. The molecule has 6 heteroatoms. The van der Waals surface area contributed by atoms with Gasteiger partial charge in [-0.3, -0.25) is 0 Å². The Morgan fingerprint density at radius 3 is 2.93 bits per heavy atom. The summed E-state index contributed by atoms with van der Waals surface area (Å²) < 4.78 is 1.25. The van der Waals surface area contributed by atoms with Crippen LogP contribution in [-0.2, 0) is 0 Å². The molecule has 6 nitrogen and oxygen atoms in total. The molecule has 0 saturated carbocycles. The van der Waals surface area contributed by atoms with E-state index in [1.807, 2.05) is 6.07 Å². The van der Waals surface area contributed by atoms with Crippen molar-refractivity contribution in [3.05, 3.63) is 40.6 Å². The maximum atomic E-state index is 11.3. The van der Waals surface area contributed by atoms with Gasteiger partial charge < -0.3 is 5.73 Å². The first kappa shape index (κ1) is 9.02. The maximum Gasteiger partial charge on any atom is 0.347 e. The number of rotatable bonds is 1. The van der Waals surface area contributed by atoms with Gasteiger partial charge in [-0.1, -0.05) is 0 Å². The molecule has 15 heavy (non-hydrogen) atoms. The zero-order valence-corrected chi connectivity index (χ0v) is 7.64. The number of nitrogens with one attached hydrogen (secondary N) is 1. The van der Waals surface area contributed by atoms with Gasteiger partial charge in [-0.2, -0.15) is 10.4 Å². The number of nitrogens with two attached hydrogens (primary N) is 1. The molecule has 2 rings (SSSR count). The Morgan fingerprint density at radius 1 is 1.53 bits per heavy atom. The van der Waals surface area contributed by atoms with Gasteiger partial charge in [0.25, 0.3) is 0 Å². The molecule has 0 radical (unpaired) electrons. The Kier molecular flexibility index (Phi) is 1.99. The number of nitrogen functional groups attached to an aromatic ring is 1. The van der Waals surface area contributed by atoms with Gasteiger partial charge in [0.2, 0.25) is 0 Å². The molecular formula is C9H7N5O. The Morgan fingerprint density at radius 2 is 2.33 bits per heavy atom. The van der Waals surface area contributed by atoms with Crippen LogP contribution in [0.2, 0.25) is 0 Å². The lowest BCUT2D eigenvalue weighted by atomic mass is 10.2. The summed E-state index contributed by atoms with van der Waals surface area (Å²) in [6.07, 6.45) is 1.31. The molecule has 1 aromatic heterocycles. The second-order valence-corrected chi connectivity index (χ2v) is 2.92. The quantitative estimate of drug-likeness (QED) is 0.635. The van der Waals surface area contributed by atoms with E-state index >= 15 is 0 Å². The minimum absolute atomic E-state index is 0.332. The number of H-pyrrole nitrogens is 1. The van der Waals surface area contributed by atoms with Crippen LogP contribution in [0.25, 0.3) is 5.69 Å². The smallest absolute Gasteiger partial charge is 0.347 e. The van der Waals surface area contributed by atoms with Crippen molar-refractivity contribution >= 4 is 5.69 Å². The molecule has 0 fully saturated rings. The fourth-order valence-corrected chi connectivity index (χ4v) is 1.27. The van der Waals surface area contributed by atoms with Gasteiger partial charge in [0.1, 0.15) is 12.4 Å². The molecule has 0 aliphatic rings. The molecule has 0 amide bonds. The summed E-state index contributed by atoms with van der Waals surface area (Å²) in [5, 5.41) is 14.7. The molecule has 2 aromatic rings. The van der Waals surface area contributed by atoms with Crippen molar-refractivity contribution < 1.29 is 0 Å². The molecule has 0 bridgehead atoms. The van der Waals surface area contributed by atoms with Crippen molar-refractivity contribution in [3.63, 3.8) is 0 Å². The van der Waals surface area contributed by atoms with Crippen LogP contribution in [0.1, 0.15) is 5.56 Å². The number of benzene rings is 1. The standard InChI is InChI=1S/C9H7N5O/c10-4-6-3-7(11)1-2-8(6)14-5-12-13-9(14)15/h1-3,5H,11H2,(H,13,15). The molecule has 0 unspecified atom stereocenters. The van der Waals surface area contributed by atoms with E-state index in [9.17, 15) is 4.79 Å². The Balaban J connectivity index is 2.70. The second kappa shape index (κ2) is 3.31. The van der Waals surface area contributed by atoms with Crippen LogP contribution >= 0.6 is 0 Å². The Bertz CT molecular complexity index is 589. The predicted molar refractivity (Wildman–Crippen MR) is 53.3 cm³/mol. The second-order valence-electron chi connectivity index (χ2n) is 2.92. The van der Waals surface area contributed by atoms with Crippen molar-refractivity contribution in [2.45, 2.75) is 0 Å². The van der Waals surface area contributed by atoms with Crippen molar-refractivity contribution in [1.82, 2.24) is 14.8 Å². The highest BCUT2D eigenvalue weighted by molar-refractivity contribution is 5.56. The largest absolute Gasteiger partial charge is 0.399 e. The summed E-state index contributed by atoms with van der Waals surface area (Å²) in [6.45, 7) is 0. The summed E-state index contributed by atoms with van der Waals surface area (Å²) in [4.78, 5) is 11.3. The van der Waals surface area contributed by atoms with Crippen molar-refractivity contribution in [2.24, 2.45) is 0 Å². The molecule has 0 atom stereocenters. The van der Waals surface area contributed by atoms with E-state index in [1.54, 1.807) is 12.1 Å². The third-order valence-electron chi connectivity index (χ3n) is 1.95. The van der Waals surface area contributed by atoms with Crippen LogP contribution in [-0.4, -0.2) is 14.8 Å². The average Bonchev–Trinajstić information content (AvgIpc) is 2.64. The summed E-state index contributed by atoms with van der Waals surface area (Å²) in [5.74, 6) is 0. The van der Waals surface area contributed by atoms with Gasteiger partial charge >= 0.3 is 5.69 Å². The van der Waals surface area contributed by atoms with Gasteiger partial charge in [-0.05, 0) is 18.2 Å². The average molecular weight is 201 g/mol. The van der Waals surface area contributed by atoms with Gasteiger partial charge in [-0.25, -0.2) is 14.5 Å². The van der Waals surface area contributed by atoms with Gasteiger partial charge in [0.05, 0.1) is 11.3 Å². The number of hydrogen-bond donors (Lipinski definition) is 2. The minimum Gasteiger partial charge on any atom is -0.399 e. The van der Waals surface area contributed by atoms with Crippen molar-refractivity contribution in [1.29, 1.82) is 5.26 Å². The zero-order chi connectivity index (χ0) is 10.8. The first-order valence-corrected chi connectivity index (χ1v) is 4.14. The first-order valence-electron chi connectivity index (χ1n) is 4.14. The molecule has 1 heterocycles. The molecule has 1 aromatic carbocycles. The summed E-state index contributed by atoms with van der Waals surface area (Å²) in [5.41, 5.74) is 6.41. The maximum absolute atomic E-state index is 11.3. The third-order valence-corrected chi connectivity index (χ3v) is 1.95. The lowest BCUT2D eigenvalue weighted by Crippen LogP contribution is -2.15. The highest BCUT2D eigenvalue weighted by Gasteiger charge is 2.07. The highest BCUT2D eigenvalue weighted by Crippen LogP contribution is 2.15. The van der Waals surface area contributed by atoms with E-state index in [4.69, 9.17) is 11.0 Å². The van der Waals surface area contributed by atoms with Gasteiger partial charge in [0, 0.05) is 5.69 Å². The number of hydrogen-bond acceptors (Lipinski definition) is 4. The fraction of sp³-hybridized carbons (Fsp3) is 0. The van der Waals surface area contributed by atoms with Gasteiger partial charge in [-0.15, -0.1) is 0 Å². The minimum atomic E-state index is -0.392. The van der Waals surface area contributed by atoms with E-state index in [1.165, 1.54) is 17.0 Å². The van der Waals surface area contributed by atoms with Crippen LogP contribution in [0.4, 0.5) is 5.69 Å². The van der Waals surface area contributed by atoms with Crippen LogP contribution in [0.3, 0.4) is 0 Å². The molecule has 0 saturated heterocycles. The number of aromatic nitrogens is 3. The number of nitrogens with zero attached hydrogens (tertiary/aromatic N) is 3. The number of aromatic amines is 1. The number of anilines is 1. The van der Waals surface area contributed by atoms with E-state index in [0.29, 0.717) is 16.9 Å². The first-order chi connectivity index (χ1) is 7.22. The summed E-state index contributed by atoms with van der Waals surface area (Å²) in [7, 11) is 0. The van der Waals surface area contributed by atoms with Crippen molar-refractivity contribution in [2.75, 3.05) is 5.73 Å². The van der Waals surface area contributed by atoms with Crippen molar-refractivity contribution in [3.8, 4) is 11.8 Å². The van der Waals surface area contributed by atoms with Crippen LogP contribution in [0.15, 0.2) is 29.3 Å². The monoisotopic (exact) mass is 201 g/mol. The molecule has 0 aliphatic carbocycles. The molecule has 0 aliphatic heterocycles. The van der Waals surface area contributed by atoms with Crippen LogP contribution in [0, 0.1) is 11.3 Å². The molecular weight excluding hydrogens is 194 g/mol. The molecule has 3 N–H and O–H groups in total. The molecule has 74 valence electrons. The predicted octanol–water partition coefficient (Wildman–Crippen LogP) is 0.0145. The van der Waals surface area contributed by atoms with Crippen LogP contribution in [0.5, 0.6) is 0 Å². The Labute approximate surface area is 84.6 Å². The third kappa shape index (κ3) is 1.46. The lowest BCUT2D eigenvalue weighted by molar-refractivity contribution is 0.979. The van der Waals surface area contributed by atoms with E-state index in [2.05, 4.69) is 10.2 Å². The van der Waals surface area contributed by atoms with E-state index < -0.39 is 5.69 Å². The Hall–Kier alpha value is -2.55. The summed E-state index contributed by atoms with van der Waals surface area (Å²) >= 11 is 0. The SMILES string of the molecule is N#Cc1cc(N)ccc1-n1cn[nH]c1=O. The van der Waals surface area contributed by atoms with E-state index in [0.717, 1.165) is 0 Å². The number of nitriles is 1. The van der Waals surface area contributed by atoms with E-state index in [-0.39, 0.29) is 0 Å². The molecule has 0 spiro atoms. The zero-order valence-electron chi connectivity index (χ0n) is 7.64. The van der Waals surface area contributed by atoms with Crippen LogP contribution < -0.4 is 11.4 Å². The van der Waals surface area contributed by atoms with Gasteiger partial charge in [0.15, 0.2) is 0 Å². The lowest BCUT2D eigenvalue weighted by Gasteiger charge is -2.03. The highest BCUT2D eigenvalue weighted by atomic mass is 16.1.